The first kappa shape index (κ1) is 18.8. The van der Waals surface area contributed by atoms with E-state index in [0.717, 1.165) is 5.56 Å². The van der Waals surface area contributed by atoms with Gasteiger partial charge in [-0.25, -0.2) is 4.79 Å². The summed E-state index contributed by atoms with van der Waals surface area (Å²) < 4.78 is 0. The highest BCUT2D eigenvalue weighted by molar-refractivity contribution is 6.30. The van der Waals surface area contributed by atoms with Gasteiger partial charge < -0.3 is 15.3 Å². The summed E-state index contributed by atoms with van der Waals surface area (Å²) in [5.41, 5.74) is 0.868. The first-order valence-electron chi connectivity index (χ1n) is 7.69. The standard InChI is InChI=1S/C17H27ClN2O2/c1-5-20(11-14-7-6-8-15(18)9-14)16(22)19-12-17(3,4)10-13(2)21/h6-9,13,21H,5,10-12H2,1-4H3,(H,19,22). The van der Waals surface area contributed by atoms with Crippen molar-refractivity contribution in [3.8, 4) is 0 Å². The number of aliphatic hydroxyl groups excluding tert-OH is 1. The van der Waals surface area contributed by atoms with E-state index in [2.05, 4.69) is 5.32 Å². The first-order chi connectivity index (χ1) is 10.2. The molecule has 1 atom stereocenters. The lowest BCUT2D eigenvalue weighted by Crippen LogP contribution is -2.43. The van der Waals surface area contributed by atoms with Crippen molar-refractivity contribution in [1.29, 1.82) is 0 Å². The maximum absolute atomic E-state index is 12.3. The number of rotatable bonds is 7. The second kappa shape index (κ2) is 8.39. The van der Waals surface area contributed by atoms with Crippen molar-refractivity contribution in [2.75, 3.05) is 13.1 Å². The van der Waals surface area contributed by atoms with Gasteiger partial charge >= 0.3 is 6.03 Å². The van der Waals surface area contributed by atoms with Crippen LogP contribution in [0, 0.1) is 5.41 Å². The molecule has 4 nitrogen and oxygen atoms in total. The van der Waals surface area contributed by atoms with E-state index in [1.54, 1.807) is 11.8 Å². The molecule has 0 spiro atoms. The van der Waals surface area contributed by atoms with Crippen molar-refractivity contribution in [3.63, 3.8) is 0 Å². The van der Waals surface area contributed by atoms with Crippen molar-refractivity contribution in [1.82, 2.24) is 10.2 Å². The second-order valence-electron chi connectivity index (χ2n) is 6.52. The van der Waals surface area contributed by atoms with E-state index in [4.69, 9.17) is 11.6 Å². The van der Waals surface area contributed by atoms with Gasteiger partial charge in [-0.05, 0) is 43.4 Å². The average Bonchev–Trinajstić information content (AvgIpc) is 2.41. The smallest absolute Gasteiger partial charge is 0.317 e. The fourth-order valence-electron chi connectivity index (χ4n) is 2.48. The van der Waals surface area contributed by atoms with E-state index >= 15 is 0 Å². The molecule has 0 heterocycles. The van der Waals surface area contributed by atoms with Crippen molar-refractivity contribution < 1.29 is 9.90 Å². The number of halogens is 1. The van der Waals surface area contributed by atoms with Gasteiger partial charge in [-0.1, -0.05) is 37.6 Å². The predicted octanol–water partition coefficient (Wildman–Crippen LogP) is 3.67. The van der Waals surface area contributed by atoms with Crippen LogP contribution in [0.2, 0.25) is 5.02 Å². The Morgan fingerprint density at radius 1 is 1.45 bits per heavy atom. The van der Waals surface area contributed by atoms with Crippen LogP contribution in [0.4, 0.5) is 4.79 Å². The summed E-state index contributed by atoms with van der Waals surface area (Å²) in [7, 11) is 0. The van der Waals surface area contributed by atoms with E-state index in [1.165, 1.54) is 0 Å². The van der Waals surface area contributed by atoms with Gasteiger partial charge in [-0.2, -0.15) is 0 Å². The summed E-state index contributed by atoms with van der Waals surface area (Å²) in [5.74, 6) is 0. The highest BCUT2D eigenvalue weighted by atomic mass is 35.5. The summed E-state index contributed by atoms with van der Waals surface area (Å²) in [6.07, 6.45) is 0.272. The van der Waals surface area contributed by atoms with Crippen molar-refractivity contribution in [2.45, 2.75) is 46.8 Å². The number of nitrogens with one attached hydrogen (secondary N) is 1. The molecular weight excluding hydrogens is 300 g/mol. The van der Waals surface area contributed by atoms with Gasteiger partial charge in [-0.3, -0.25) is 0 Å². The summed E-state index contributed by atoms with van der Waals surface area (Å²) in [4.78, 5) is 14.1. The third-order valence-electron chi connectivity index (χ3n) is 3.50. The minimum atomic E-state index is -0.374. The van der Waals surface area contributed by atoms with Crippen molar-refractivity contribution in [2.24, 2.45) is 5.41 Å². The summed E-state index contributed by atoms with van der Waals surface area (Å²) in [6, 6.07) is 7.43. The van der Waals surface area contributed by atoms with E-state index in [9.17, 15) is 9.90 Å². The van der Waals surface area contributed by atoms with E-state index < -0.39 is 0 Å². The zero-order valence-corrected chi connectivity index (χ0v) is 14.7. The Hall–Kier alpha value is -1.26. The number of hydrogen-bond acceptors (Lipinski definition) is 2. The summed E-state index contributed by atoms with van der Waals surface area (Å²) >= 11 is 5.98. The Bertz CT molecular complexity index is 489. The Labute approximate surface area is 138 Å². The molecule has 0 saturated carbocycles. The molecule has 0 saturated heterocycles. The fraction of sp³-hybridized carbons (Fsp3) is 0.588. The van der Waals surface area contributed by atoms with E-state index in [1.807, 2.05) is 45.0 Å². The molecule has 1 rings (SSSR count). The molecule has 1 aromatic carbocycles. The Morgan fingerprint density at radius 3 is 2.68 bits per heavy atom. The molecular formula is C17H27ClN2O2. The molecule has 2 amide bonds. The number of amides is 2. The zero-order valence-electron chi connectivity index (χ0n) is 13.9. The maximum atomic E-state index is 12.3. The lowest BCUT2D eigenvalue weighted by molar-refractivity contribution is 0.126. The zero-order chi connectivity index (χ0) is 16.8. The fourth-order valence-corrected chi connectivity index (χ4v) is 2.69. The van der Waals surface area contributed by atoms with Gasteiger partial charge in [0, 0.05) is 24.7 Å². The monoisotopic (exact) mass is 326 g/mol. The molecule has 0 aromatic heterocycles. The number of hydrogen-bond donors (Lipinski definition) is 2. The summed E-state index contributed by atoms with van der Waals surface area (Å²) in [5, 5.41) is 13.1. The maximum Gasteiger partial charge on any atom is 0.317 e. The van der Waals surface area contributed by atoms with Gasteiger partial charge in [0.25, 0.3) is 0 Å². The molecule has 22 heavy (non-hydrogen) atoms. The van der Waals surface area contributed by atoms with Crippen LogP contribution in [-0.2, 0) is 6.54 Å². The molecule has 0 aliphatic rings. The van der Waals surface area contributed by atoms with Crippen LogP contribution < -0.4 is 5.32 Å². The third-order valence-corrected chi connectivity index (χ3v) is 3.73. The minimum absolute atomic E-state index is 0.0962. The van der Waals surface area contributed by atoms with Crippen LogP contribution >= 0.6 is 11.6 Å². The van der Waals surface area contributed by atoms with Crippen molar-refractivity contribution in [3.05, 3.63) is 34.9 Å². The molecule has 1 unspecified atom stereocenters. The normalized spacial score (nSPS) is 12.8. The highest BCUT2D eigenvalue weighted by Crippen LogP contribution is 2.21. The Kier molecular flexibility index (Phi) is 7.17. The Morgan fingerprint density at radius 2 is 2.14 bits per heavy atom. The number of carbonyl (C=O) groups is 1. The van der Waals surface area contributed by atoms with Gasteiger partial charge in [0.05, 0.1) is 6.10 Å². The van der Waals surface area contributed by atoms with Crippen LogP contribution in [0.5, 0.6) is 0 Å². The van der Waals surface area contributed by atoms with Gasteiger partial charge in [0.1, 0.15) is 0 Å². The van der Waals surface area contributed by atoms with Crippen LogP contribution in [0.15, 0.2) is 24.3 Å². The van der Waals surface area contributed by atoms with Crippen molar-refractivity contribution >= 4 is 17.6 Å². The largest absolute Gasteiger partial charge is 0.393 e. The van der Waals surface area contributed by atoms with E-state index in [-0.39, 0.29) is 17.6 Å². The topological polar surface area (TPSA) is 52.6 Å². The van der Waals surface area contributed by atoms with E-state index in [0.29, 0.717) is 31.1 Å². The van der Waals surface area contributed by atoms with Gasteiger partial charge in [0.15, 0.2) is 0 Å². The number of benzene rings is 1. The number of aliphatic hydroxyl groups is 1. The molecule has 124 valence electrons. The lowest BCUT2D eigenvalue weighted by atomic mass is 9.87. The molecule has 0 bridgehead atoms. The van der Waals surface area contributed by atoms with Gasteiger partial charge in [0.2, 0.25) is 0 Å². The molecule has 0 aliphatic heterocycles. The molecule has 0 radical (unpaired) electrons. The minimum Gasteiger partial charge on any atom is -0.393 e. The molecule has 1 aromatic rings. The number of carbonyl (C=O) groups excluding carboxylic acids is 1. The second-order valence-corrected chi connectivity index (χ2v) is 6.96. The summed E-state index contributed by atoms with van der Waals surface area (Å²) in [6.45, 7) is 9.46. The Balaban J connectivity index is 2.58. The van der Waals surface area contributed by atoms with Crippen LogP contribution in [0.25, 0.3) is 0 Å². The predicted molar refractivity (Wildman–Crippen MR) is 91.0 cm³/mol. The highest BCUT2D eigenvalue weighted by Gasteiger charge is 2.22. The molecule has 2 N–H and O–H groups in total. The first-order valence-corrected chi connectivity index (χ1v) is 8.06. The third kappa shape index (κ3) is 6.67. The molecule has 5 heteroatoms. The number of urea groups is 1. The van der Waals surface area contributed by atoms with Crippen LogP contribution in [0.3, 0.4) is 0 Å². The molecule has 0 aliphatic carbocycles. The quantitative estimate of drug-likeness (QED) is 0.803. The average molecular weight is 327 g/mol. The SMILES string of the molecule is CCN(Cc1cccc(Cl)c1)C(=O)NCC(C)(C)CC(C)O. The van der Waals surface area contributed by atoms with Crippen LogP contribution in [0.1, 0.15) is 39.7 Å². The van der Waals surface area contributed by atoms with Crippen LogP contribution in [-0.4, -0.2) is 35.2 Å². The van der Waals surface area contributed by atoms with Gasteiger partial charge in [-0.15, -0.1) is 0 Å². The molecule has 0 fully saturated rings. The number of nitrogens with zero attached hydrogens (tertiary/aromatic N) is 1. The lowest BCUT2D eigenvalue weighted by Gasteiger charge is -2.29.